The van der Waals surface area contributed by atoms with Crippen LogP contribution in [-0.4, -0.2) is 35.4 Å². The van der Waals surface area contributed by atoms with Gasteiger partial charge in [-0.2, -0.15) is 0 Å². The van der Waals surface area contributed by atoms with Crippen molar-refractivity contribution in [3.63, 3.8) is 0 Å². The van der Waals surface area contributed by atoms with E-state index in [1.165, 1.54) is 12.5 Å². The van der Waals surface area contributed by atoms with Crippen molar-refractivity contribution in [2.45, 2.75) is 32.3 Å². The molecule has 1 aromatic heterocycles. The minimum Gasteiger partial charge on any atom is -0.462 e. The maximum absolute atomic E-state index is 11.0. The fourth-order valence-electron chi connectivity index (χ4n) is 2.61. The molecule has 1 aliphatic heterocycles. The Bertz CT molecular complexity index is 621. The number of rotatable bonds is 4. The quantitative estimate of drug-likeness (QED) is 0.812. The van der Waals surface area contributed by atoms with Crippen LogP contribution in [0.1, 0.15) is 30.3 Å². The van der Waals surface area contributed by atoms with Crippen LogP contribution in [0.5, 0.6) is 0 Å². The minimum absolute atomic E-state index is 0.0467. The lowest BCUT2D eigenvalue weighted by atomic mass is 10.1. The SMILES string of the molecule is CC(=O)OC1CCN(c2nnc(Cc3ccccc3)s2)CC1. The highest BCUT2D eigenvalue weighted by Crippen LogP contribution is 2.26. The van der Waals surface area contributed by atoms with E-state index in [1.54, 1.807) is 11.3 Å². The van der Waals surface area contributed by atoms with Crippen molar-refractivity contribution in [2.24, 2.45) is 0 Å². The van der Waals surface area contributed by atoms with Crippen molar-refractivity contribution in [2.75, 3.05) is 18.0 Å². The summed E-state index contributed by atoms with van der Waals surface area (Å²) in [4.78, 5) is 13.2. The molecule has 0 spiro atoms. The number of carbonyl (C=O) groups is 1. The summed E-state index contributed by atoms with van der Waals surface area (Å²) in [6.07, 6.45) is 2.58. The molecule has 1 aliphatic rings. The van der Waals surface area contributed by atoms with E-state index in [9.17, 15) is 4.79 Å². The Balaban J connectivity index is 1.57. The first kappa shape index (κ1) is 15.0. The lowest BCUT2D eigenvalue weighted by molar-refractivity contribution is -0.147. The third-order valence-electron chi connectivity index (χ3n) is 3.70. The lowest BCUT2D eigenvalue weighted by Gasteiger charge is -2.30. The molecule has 0 amide bonds. The molecule has 5 nitrogen and oxygen atoms in total. The van der Waals surface area contributed by atoms with Crippen LogP contribution < -0.4 is 4.90 Å². The van der Waals surface area contributed by atoms with Gasteiger partial charge in [-0.15, -0.1) is 10.2 Å². The average molecular weight is 317 g/mol. The highest BCUT2D eigenvalue weighted by Gasteiger charge is 2.23. The van der Waals surface area contributed by atoms with E-state index in [0.717, 1.165) is 42.5 Å². The van der Waals surface area contributed by atoms with Gasteiger partial charge in [0.1, 0.15) is 11.1 Å². The molecule has 1 fully saturated rings. The predicted molar refractivity (Wildman–Crippen MR) is 86.2 cm³/mol. The number of aromatic nitrogens is 2. The summed E-state index contributed by atoms with van der Waals surface area (Å²) >= 11 is 1.65. The van der Waals surface area contributed by atoms with Gasteiger partial charge in [-0.1, -0.05) is 41.7 Å². The Morgan fingerprint density at radius 1 is 1.27 bits per heavy atom. The Labute approximate surface area is 133 Å². The fourth-order valence-corrected chi connectivity index (χ4v) is 3.54. The molecule has 1 aromatic carbocycles. The third kappa shape index (κ3) is 3.82. The van der Waals surface area contributed by atoms with Gasteiger partial charge in [0.2, 0.25) is 5.13 Å². The second-order valence-corrected chi connectivity index (χ2v) is 6.48. The lowest BCUT2D eigenvalue weighted by Crippen LogP contribution is -2.37. The maximum Gasteiger partial charge on any atom is 0.302 e. The highest BCUT2D eigenvalue weighted by molar-refractivity contribution is 7.15. The standard InChI is InChI=1S/C16H19N3O2S/c1-12(20)21-14-7-9-19(10-8-14)16-18-17-15(22-16)11-13-5-3-2-4-6-13/h2-6,14H,7-11H2,1H3. The third-order valence-corrected chi connectivity index (χ3v) is 4.68. The second kappa shape index (κ2) is 6.87. The van der Waals surface area contributed by atoms with Crippen LogP contribution in [0, 0.1) is 0 Å². The Kier molecular flexibility index (Phi) is 4.68. The van der Waals surface area contributed by atoms with E-state index in [2.05, 4.69) is 27.2 Å². The topological polar surface area (TPSA) is 55.3 Å². The zero-order chi connectivity index (χ0) is 15.4. The zero-order valence-corrected chi connectivity index (χ0v) is 13.4. The summed E-state index contributed by atoms with van der Waals surface area (Å²) in [7, 11) is 0. The maximum atomic E-state index is 11.0. The Morgan fingerprint density at radius 3 is 2.68 bits per heavy atom. The van der Waals surface area contributed by atoms with Crippen LogP contribution in [0.3, 0.4) is 0 Å². The number of benzene rings is 1. The van der Waals surface area contributed by atoms with Crippen molar-refractivity contribution in [3.8, 4) is 0 Å². The van der Waals surface area contributed by atoms with Crippen LogP contribution in [0.4, 0.5) is 5.13 Å². The normalized spacial score (nSPS) is 15.8. The van der Waals surface area contributed by atoms with Crippen molar-refractivity contribution in [1.29, 1.82) is 0 Å². The number of anilines is 1. The van der Waals surface area contributed by atoms with Gasteiger partial charge in [0.25, 0.3) is 0 Å². The largest absolute Gasteiger partial charge is 0.462 e. The van der Waals surface area contributed by atoms with Crippen LogP contribution in [-0.2, 0) is 16.0 Å². The van der Waals surface area contributed by atoms with E-state index in [-0.39, 0.29) is 12.1 Å². The van der Waals surface area contributed by atoms with Gasteiger partial charge >= 0.3 is 5.97 Å². The second-order valence-electron chi connectivity index (χ2n) is 5.44. The molecule has 0 N–H and O–H groups in total. The molecule has 116 valence electrons. The van der Waals surface area contributed by atoms with Crippen LogP contribution in [0.25, 0.3) is 0 Å². The predicted octanol–water partition coefficient (Wildman–Crippen LogP) is 2.66. The minimum atomic E-state index is -0.195. The Morgan fingerprint density at radius 2 is 2.00 bits per heavy atom. The molecule has 1 saturated heterocycles. The monoisotopic (exact) mass is 317 g/mol. The summed E-state index contributed by atoms with van der Waals surface area (Å²) < 4.78 is 5.26. The highest BCUT2D eigenvalue weighted by atomic mass is 32.1. The number of esters is 1. The van der Waals surface area contributed by atoms with Crippen molar-refractivity contribution in [3.05, 3.63) is 40.9 Å². The molecular formula is C16H19N3O2S. The molecule has 2 heterocycles. The molecule has 2 aromatic rings. The first-order chi connectivity index (χ1) is 10.7. The first-order valence-corrected chi connectivity index (χ1v) is 8.31. The summed E-state index contributed by atoms with van der Waals surface area (Å²) in [5.74, 6) is -0.195. The number of piperidine rings is 1. The average Bonchev–Trinajstić information content (AvgIpc) is 2.97. The Hall–Kier alpha value is -1.95. The van der Waals surface area contributed by atoms with Crippen molar-refractivity contribution < 1.29 is 9.53 Å². The summed E-state index contributed by atoms with van der Waals surface area (Å²) in [5.41, 5.74) is 1.25. The number of nitrogens with zero attached hydrogens (tertiary/aromatic N) is 3. The molecule has 0 aliphatic carbocycles. The van der Waals surface area contributed by atoms with Gasteiger partial charge in [0, 0.05) is 39.3 Å². The molecule has 0 radical (unpaired) electrons. The molecule has 3 rings (SSSR count). The molecule has 0 unspecified atom stereocenters. The van der Waals surface area contributed by atoms with Gasteiger partial charge < -0.3 is 9.64 Å². The van der Waals surface area contributed by atoms with Crippen LogP contribution in [0.2, 0.25) is 0 Å². The van der Waals surface area contributed by atoms with Crippen LogP contribution >= 0.6 is 11.3 Å². The smallest absolute Gasteiger partial charge is 0.302 e. The van der Waals surface area contributed by atoms with Gasteiger partial charge in [-0.3, -0.25) is 4.79 Å². The van der Waals surface area contributed by atoms with Crippen molar-refractivity contribution in [1.82, 2.24) is 10.2 Å². The van der Waals surface area contributed by atoms with Gasteiger partial charge in [0.05, 0.1) is 0 Å². The van der Waals surface area contributed by atoms with Gasteiger partial charge in [0.15, 0.2) is 0 Å². The van der Waals surface area contributed by atoms with Gasteiger partial charge in [-0.25, -0.2) is 0 Å². The molecule has 0 saturated carbocycles. The molecule has 0 bridgehead atoms. The number of hydrogen-bond acceptors (Lipinski definition) is 6. The van der Waals surface area contributed by atoms with Crippen molar-refractivity contribution >= 4 is 22.4 Å². The van der Waals surface area contributed by atoms with E-state index in [1.807, 2.05) is 18.2 Å². The number of hydrogen-bond donors (Lipinski definition) is 0. The molecule has 22 heavy (non-hydrogen) atoms. The van der Waals surface area contributed by atoms with Crippen LogP contribution in [0.15, 0.2) is 30.3 Å². The van der Waals surface area contributed by atoms with E-state index < -0.39 is 0 Å². The zero-order valence-electron chi connectivity index (χ0n) is 12.6. The summed E-state index contributed by atoms with van der Waals surface area (Å²) in [6.45, 7) is 3.18. The molecule has 6 heteroatoms. The fraction of sp³-hybridized carbons (Fsp3) is 0.438. The molecule has 0 atom stereocenters. The first-order valence-electron chi connectivity index (χ1n) is 7.49. The van der Waals surface area contributed by atoms with E-state index in [0.29, 0.717) is 0 Å². The van der Waals surface area contributed by atoms with E-state index in [4.69, 9.17) is 4.74 Å². The van der Waals surface area contributed by atoms with E-state index >= 15 is 0 Å². The summed E-state index contributed by atoms with van der Waals surface area (Å²) in [6, 6.07) is 10.3. The summed E-state index contributed by atoms with van der Waals surface area (Å²) in [5, 5.41) is 10.6. The number of carbonyl (C=O) groups excluding carboxylic acids is 1. The molecular weight excluding hydrogens is 298 g/mol. The van der Waals surface area contributed by atoms with Gasteiger partial charge in [-0.05, 0) is 5.56 Å². The number of ether oxygens (including phenoxy) is 1.